The first-order valence-electron chi connectivity index (χ1n) is 7.70. The van der Waals surface area contributed by atoms with Gasteiger partial charge >= 0.3 is 12.2 Å². The van der Waals surface area contributed by atoms with Crippen LogP contribution in [-0.4, -0.2) is 41.9 Å². The average molecular weight is 330 g/mol. The van der Waals surface area contributed by atoms with E-state index in [9.17, 15) is 18.0 Å². The van der Waals surface area contributed by atoms with Gasteiger partial charge in [0.1, 0.15) is 0 Å². The third-order valence-electron chi connectivity index (χ3n) is 4.10. The second kappa shape index (κ2) is 7.68. The van der Waals surface area contributed by atoms with Crippen LogP contribution in [0.5, 0.6) is 0 Å². The van der Waals surface area contributed by atoms with Crippen molar-refractivity contribution in [2.45, 2.75) is 31.9 Å². The van der Waals surface area contributed by atoms with Crippen molar-refractivity contribution in [3.8, 4) is 0 Å². The number of alkyl halides is 3. The van der Waals surface area contributed by atoms with Crippen LogP contribution in [0.25, 0.3) is 0 Å². The smallest absolute Gasteiger partial charge is 0.389 e. The molecular formula is C16H21F3N2O2. The molecule has 128 valence electrons. The van der Waals surface area contributed by atoms with E-state index in [0.717, 1.165) is 12.8 Å². The summed E-state index contributed by atoms with van der Waals surface area (Å²) in [5, 5.41) is 11.8. The highest BCUT2D eigenvalue weighted by Crippen LogP contribution is 2.25. The molecule has 0 radical (unpaired) electrons. The molecule has 0 atom stereocenters. The molecule has 0 spiro atoms. The van der Waals surface area contributed by atoms with E-state index < -0.39 is 12.6 Å². The standard InChI is InChI=1S/C16H21F3N2O2/c17-16(18,19)8-5-13-3-1-2-4-14(13)20-15(23)21-9-6-12(11-22)7-10-21/h1-4,12,22H,5-11H2,(H,20,23). The zero-order valence-corrected chi connectivity index (χ0v) is 12.8. The van der Waals surface area contributed by atoms with Gasteiger partial charge < -0.3 is 15.3 Å². The minimum Gasteiger partial charge on any atom is -0.396 e. The van der Waals surface area contributed by atoms with Gasteiger partial charge in [-0.1, -0.05) is 18.2 Å². The highest BCUT2D eigenvalue weighted by atomic mass is 19.4. The molecule has 1 aromatic carbocycles. The normalized spacial score (nSPS) is 16.4. The molecule has 0 aliphatic carbocycles. The number of para-hydroxylation sites is 1. The van der Waals surface area contributed by atoms with Crippen molar-refractivity contribution in [2.75, 3.05) is 25.0 Å². The number of benzene rings is 1. The van der Waals surface area contributed by atoms with Crippen molar-refractivity contribution in [3.05, 3.63) is 29.8 Å². The number of nitrogens with one attached hydrogen (secondary N) is 1. The maximum Gasteiger partial charge on any atom is 0.389 e. The van der Waals surface area contributed by atoms with Crippen LogP contribution < -0.4 is 5.32 Å². The molecule has 1 heterocycles. The van der Waals surface area contributed by atoms with Crippen LogP contribution >= 0.6 is 0 Å². The van der Waals surface area contributed by atoms with Crippen molar-refractivity contribution in [2.24, 2.45) is 5.92 Å². The van der Waals surface area contributed by atoms with Crippen LogP contribution in [0, 0.1) is 5.92 Å². The van der Waals surface area contributed by atoms with Gasteiger partial charge in [-0.2, -0.15) is 13.2 Å². The minimum atomic E-state index is -4.22. The van der Waals surface area contributed by atoms with E-state index in [1.807, 2.05) is 0 Å². The van der Waals surface area contributed by atoms with E-state index in [1.54, 1.807) is 29.2 Å². The first-order valence-corrected chi connectivity index (χ1v) is 7.70. The topological polar surface area (TPSA) is 52.6 Å². The van der Waals surface area contributed by atoms with E-state index in [-0.39, 0.29) is 25.0 Å². The molecule has 2 rings (SSSR count). The van der Waals surface area contributed by atoms with Gasteiger partial charge in [-0.05, 0) is 36.8 Å². The lowest BCUT2D eigenvalue weighted by Gasteiger charge is -2.31. The molecule has 1 aliphatic heterocycles. The third kappa shape index (κ3) is 5.42. The Morgan fingerprint density at radius 2 is 1.91 bits per heavy atom. The van der Waals surface area contributed by atoms with Crippen molar-refractivity contribution >= 4 is 11.7 Å². The number of aliphatic hydroxyl groups excluding tert-OH is 1. The number of carbonyl (C=O) groups excluding carboxylic acids is 1. The summed E-state index contributed by atoms with van der Waals surface area (Å²) in [7, 11) is 0. The number of aryl methyl sites for hydroxylation is 1. The second-order valence-electron chi connectivity index (χ2n) is 5.82. The maximum atomic E-state index is 12.4. The summed E-state index contributed by atoms with van der Waals surface area (Å²) in [6, 6.07) is 6.25. The zero-order valence-electron chi connectivity index (χ0n) is 12.8. The molecule has 0 unspecified atom stereocenters. The van der Waals surface area contributed by atoms with Crippen LogP contribution in [0.15, 0.2) is 24.3 Å². The van der Waals surface area contributed by atoms with Gasteiger partial charge in [0.2, 0.25) is 0 Å². The molecular weight excluding hydrogens is 309 g/mol. The zero-order chi connectivity index (χ0) is 16.9. The van der Waals surface area contributed by atoms with E-state index >= 15 is 0 Å². The third-order valence-corrected chi connectivity index (χ3v) is 4.10. The fourth-order valence-electron chi connectivity index (χ4n) is 2.65. The summed E-state index contributed by atoms with van der Waals surface area (Å²) >= 11 is 0. The highest BCUT2D eigenvalue weighted by Gasteiger charge is 2.27. The van der Waals surface area contributed by atoms with Crippen molar-refractivity contribution in [1.29, 1.82) is 0 Å². The fourth-order valence-corrected chi connectivity index (χ4v) is 2.65. The highest BCUT2D eigenvalue weighted by molar-refractivity contribution is 5.90. The van der Waals surface area contributed by atoms with Crippen molar-refractivity contribution in [3.63, 3.8) is 0 Å². The molecule has 1 aliphatic rings. The quantitative estimate of drug-likeness (QED) is 0.889. The summed E-state index contributed by atoms with van der Waals surface area (Å²) < 4.78 is 37.1. The lowest BCUT2D eigenvalue weighted by Crippen LogP contribution is -2.41. The van der Waals surface area contributed by atoms with Gasteiger partial charge in [0, 0.05) is 31.8 Å². The van der Waals surface area contributed by atoms with E-state index in [0.29, 0.717) is 24.3 Å². The van der Waals surface area contributed by atoms with Gasteiger partial charge in [-0.25, -0.2) is 4.79 Å². The molecule has 0 aromatic heterocycles. The Kier molecular flexibility index (Phi) is 5.87. The van der Waals surface area contributed by atoms with Crippen LogP contribution in [0.4, 0.5) is 23.7 Å². The van der Waals surface area contributed by atoms with Crippen LogP contribution in [0.2, 0.25) is 0 Å². The number of likely N-dealkylation sites (tertiary alicyclic amines) is 1. The fraction of sp³-hybridized carbons (Fsp3) is 0.562. The van der Waals surface area contributed by atoms with Crippen LogP contribution in [0.1, 0.15) is 24.8 Å². The molecule has 7 heteroatoms. The van der Waals surface area contributed by atoms with E-state index in [4.69, 9.17) is 5.11 Å². The summed E-state index contributed by atoms with van der Waals surface area (Å²) in [6.45, 7) is 1.21. The molecule has 0 saturated carbocycles. The number of anilines is 1. The SMILES string of the molecule is O=C(Nc1ccccc1CCC(F)(F)F)N1CCC(CO)CC1. The Balaban J connectivity index is 1.95. The average Bonchev–Trinajstić information content (AvgIpc) is 2.53. The number of hydrogen-bond donors (Lipinski definition) is 2. The number of urea groups is 1. The van der Waals surface area contributed by atoms with Gasteiger partial charge in [0.05, 0.1) is 0 Å². The molecule has 0 bridgehead atoms. The second-order valence-corrected chi connectivity index (χ2v) is 5.82. The summed E-state index contributed by atoms with van der Waals surface area (Å²) in [5.41, 5.74) is 0.898. The number of hydrogen-bond acceptors (Lipinski definition) is 2. The molecule has 2 N–H and O–H groups in total. The lowest BCUT2D eigenvalue weighted by molar-refractivity contribution is -0.133. The van der Waals surface area contributed by atoms with Crippen molar-refractivity contribution < 1.29 is 23.1 Å². The number of rotatable bonds is 4. The first-order chi connectivity index (χ1) is 10.9. The number of carbonyl (C=O) groups is 1. The van der Waals surface area contributed by atoms with Gasteiger partial charge in [0.25, 0.3) is 0 Å². The van der Waals surface area contributed by atoms with Crippen LogP contribution in [-0.2, 0) is 6.42 Å². The summed E-state index contributed by atoms with van der Waals surface area (Å²) in [5.74, 6) is 0.220. The Morgan fingerprint density at radius 3 is 2.52 bits per heavy atom. The van der Waals surface area contributed by atoms with Gasteiger partial charge in [0.15, 0.2) is 0 Å². The predicted octanol–water partition coefficient (Wildman–Crippen LogP) is 3.42. The molecule has 23 heavy (non-hydrogen) atoms. The Hall–Kier alpha value is -1.76. The predicted molar refractivity (Wildman–Crippen MR) is 81.2 cm³/mol. The van der Waals surface area contributed by atoms with E-state index in [2.05, 4.69) is 5.32 Å². The minimum absolute atomic E-state index is 0.121. The Morgan fingerprint density at radius 1 is 1.26 bits per heavy atom. The molecule has 1 saturated heterocycles. The summed E-state index contributed by atoms with van der Waals surface area (Å²) in [6.07, 6.45) is -3.82. The van der Waals surface area contributed by atoms with Crippen LogP contribution in [0.3, 0.4) is 0 Å². The Bertz CT molecular complexity index is 526. The molecule has 4 nitrogen and oxygen atoms in total. The first kappa shape index (κ1) is 17.6. The largest absolute Gasteiger partial charge is 0.396 e. The van der Waals surface area contributed by atoms with Gasteiger partial charge in [-0.15, -0.1) is 0 Å². The number of aliphatic hydroxyl groups is 1. The maximum absolute atomic E-state index is 12.4. The number of amides is 2. The molecule has 2 amide bonds. The number of halogens is 3. The number of piperidine rings is 1. The molecule has 1 aromatic rings. The Labute approximate surface area is 133 Å². The summed E-state index contributed by atoms with van der Waals surface area (Å²) in [4.78, 5) is 13.9. The van der Waals surface area contributed by atoms with E-state index in [1.165, 1.54) is 0 Å². The lowest BCUT2D eigenvalue weighted by atomic mass is 9.98. The molecule has 1 fully saturated rings. The van der Waals surface area contributed by atoms with Gasteiger partial charge in [-0.3, -0.25) is 0 Å². The van der Waals surface area contributed by atoms with Crippen molar-refractivity contribution in [1.82, 2.24) is 4.90 Å². The monoisotopic (exact) mass is 330 g/mol. The number of nitrogens with zero attached hydrogens (tertiary/aromatic N) is 1.